The first kappa shape index (κ1) is 15.9. The van der Waals surface area contributed by atoms with E-state index in [1.807, 2.05) is 30.3 Å². The van der Waals surface area contributed by atoms with Crippen LogP contribution in [-0.4, -0.2) is 36.0 Å². The third-order valence-electron chi connectivity index (χ3n) is 3.02. The summed E-state index contributed by atoms with van der Waals surface area (Å²) in [6, 6.07) is 8.83. The van der Waals surface area contributed by atoms with Crippen LogP contribution in [0.5, 0.6) is 0 Å². The Morgan fingerprint density at radius 1 is 1.13 bits per heavy atom. The molecule has 0 radical (unpaired) electrons. The van der Waals surface area contributed by atoms with E-state index in [0.717, 1.165) is 14.9 Å². The van der Waals surface area contributed by atoms with Gasteiger partial charge in [-0.1, -0.05) is 75.6 Å². The van der Waals surface area contributed by atoms with Gasteiger partial charge < -0.3 is 0 Å². The molecule has 118 valence electrons. The molecule has 0 N–H and O–H groups in total. The van der Waals surface area contributed by atoms with Gasteiger partial charge in [0, 0.05) is 6.42 Å². The zero-order valence-corrected chi connectivity index (χ0v) is 13.7. The lowest BCUT2D eigenvalue weighted by Gasteiger charge is -2.13. The molecule has 1 aromatic carbocycles. The number of halogens is 3. The Morgan fingerprint density at radius 3 is 2.48 bits per heavy atom. The van der Waals surface area contributed by atoms with E-state index < -0.39 is 9.82 Å². The van der Waals surface area contributed by atoms with Crippen LogP contribution in [0.15, 0.2) is 42.7 Å². The molecule has 2 heterocycles. The van der Waals surface area contributed by atoms with Crippen LogP contribution in [0.2, 0.25) is 0 Å². The number of hydrogen-bond acceptors (Lipinski definition) is 5. The monoisotopic (exact) mass is 370 g/mol. The van der Waals surface area contributed by atoms with Gasteiger partial charge in [-0.15, -0.1) is 10.2 Å². The molecule has 3 rings (SSSR count). The summed E-state index contributed by atoms with van der Waals surface area (Å²) in [5.74, 6) is 0. The van der Waals surface area contributed by atoms with Crippen molar-refractivity contribution in [3.63, 3.8) is 0 Å². The molecule has 0 aliphatic carbocycles. The summed E-state index contributed by atoms with van der Waals surface area (Å²) >= 11 is 18.0. The maximum Gasteiger partial charge on any atom is 0.372 e. The van der Waals surface area contributed by atoms with Gasteiger partial charge in [0.05, 0.1) is 18.1 Å². The van der Waals surface area contributed by atoms with Crippen molar-refractivity contribution >= 4 is 40.8 Å². The van der Waals surface area contributed by atoms with Gasteiger partial charge in [0.15, 0.2) is 0 Å². The lowest BCUT2D eigenvalue weighted by molar-refractivity contribution is 0.236. The largest absolute Gasteiger partial charge is 0.372 e. The fourth-order valence-electron chi connectivity index (χ4n) is 2.05. The van der Waals surface area contributed by atoms with Gasteiger partial charge in [-0.05, 0) is 5.56 Å². The van der Waals surface area contributed by atoms with Crippen molar-refractivity contribution in [3.05, 3.63) is 59.7 Å². The van der Waals surface area contributed by atoms with Gasteiger partial charge in [0.25, 0.3) is 0 Å². The van der Waals surface area contributed by atoms with E-state index in [1.165, 1.54) is 12.4 Å². The highest BCUT2D eigenvalue weighted by molar-refractivity contribution is 6.66. The van der Waals surface area contributed by atoms with E-state index in [2.05, 4.69) is 20.6 Å². The second-order valence-electron chi connectivity index (χ2n) is 4.59. The Labute approximate surface area is 145 Å². The number of hydrogen-bond donors (Lipinski definition) is 0. The summed E-state index contributed by atoms with van der Waals surface area (Å²) in [4.78, 5) is 12.4. The van der Waals surface area contributed by atoms with Crippen molar-refractivity contribution in [2.45, 2.75) is 10.2 Å². The van der Waals surface area contributed by atoms with Crippen LogP contribution in [-0.2, 0) is 10.2 Å². The molecule has 0 atom stereocenters. The second kappa shape index (κ2) is 6.27. The highest BCUT2D eigenvalue weighted by Gasteiger charge is 2.35. The third-order valence-corrected chi connectivity index (χ3v) is 3.56. The highest BCUT2D eigenvalue weighted by atomic mass is 35.6. The standard InChI is InChI=1S/C13H9Cl3N6O/c14-13(15,16)11-10(8-9-4-2-1-3-5-9)18-20-22(11)12(23)21-7-6-17-19-21/h1-7H,8H2. The maximum absolute atomic E-state index is 12.4. The fraction of sp³-hybridized carbons (Fsp3) is 0.154. The lowest BCUT2D eigenvalue weighted by atomic mass is 10.1. The Bertz CT molecular complexity index is 810. The number of alkyl halides is 3. The van der Waals surface area contributed by atoms with Crippen LogP contribution in [0, 0.1) is 0 Å². The highest BCUT2D eigenvalue weighted by Crippen LogP contribution is 2.40. The molecular formula is C13H9Cl3N6O. The topological polar surface area (TPSA) is 78.5 Å². The summed E-state index contributed by atoms with van der Waals surface area (Å²) in [5.41, 5.74) is 1.42. The molecule has 2 aromatic heterocycles. The van der Waals surface area contributed by atoms with E-state index in [4.69, 9.17) is 34.8 Å². The average Bonchev–Trinajstić information content (AvgIpc) is 3.16. The van der Waals surface area contributed by atoms with E-state index >= 15 is 0 Å². The number of nitrogens with zero attached hydrogens (tertiary/aromatic N) is 6. The van der Waals surface area contributed by atoms with Gasteiger partial charge in [0.2, 0.25) is 3.79 Å². The predicted molar refractivity (Wildman–Crippen MR) is 84.7 cm³/mol. The SMILES string of the molecule is O=C(n1ccnn1)n1nnc(Cc2ccccc2)c1C(Cl)(Cl)Cl. The zero-order valence-electron chi connectivity index (χ0n) is 11.5. The zero-order chi connectivity index (χ0) is 16.4. The summed E-state index contributed by atoms with van der Waals surface area (Å²) in [6.07, 6.45) is 3.09. The fourth-order valence-corrected chi connectivity index (χ4v) is 2.61. The Hall–Kier alpha value is -1.96. The normalized spacial score (nSPS) is 11.6. The molecule has 0 aliphatic heterocycles. The van der Waals surface area contributed by atoms with Crippen molar-refractivity contribution in [3.8, 4) is 0 Å². The van der Waals surface area contributed by atoms with Gasteiger partial charge in [-0.2, -0.15) is 9.36 Å². The first-order chi connectivity index (χ1) is 11.0. The molecule has 23 heavy (non-hydrogen) atoms. The first-order valence-corrected chi connectivity index (χ1v) is 7.57. The van der Waals surface area contributed by atoms with Crippen molar-refractivity contribution in [2.75, 3.05) is 0 Å². The second-order valence-corrected chi connectivity index (χ2v) is 6.87. The summed E-state index contributed by atoms with van der Waals surface area (Å²) in [7, 11) is 0. The predicted octanol–water partition coefficient (Wildman–Crippen LogP) is 2.80. The van der Waals surface area contributed by atoms with E-state index in [9.17, 15) is 4.79 Å². The minimum absolute atomic E-state index is 0.0758. The number of carbonyl (C=O) groups is 1. The van der Waals surface area contributed by atoms with Crippen LogP contribution in [0.1, 0.15) is 17.0 Å². The smallest absolute Gasteiger partial charge is 0.243 e. The van der Waals surface area contributed by atoms with Crippen molar-refractivity contribution in [1.29, 1.82) is 0 Å². The molecule has 7 nitrogen and oxygen atoms in total. The van der Waals surface area contributed by atoms with E-state index in [1.54, 1.807) is 0 Å². The first-order valence-electron chi connectivity index (χ1n) is 6.43. The Kier molecular flexibility index (Phi) is 4.34. The number of carbonyl (C=O) groups excluding carboxylic acids is 1. The Morgan fingerprint density at radius 2 is 1.87 bits per heavy atom. The average molecular weight is 372 g/mol. The van der Waals surface area contributed by atoms with E-state index in [0.29, 0.717) is 12.1 Å². The van der Waals surface area contributed by atoms with Crippen molar-refractivity contribution < 1.29 is 4.79 Å². The maximum atomic E-state index is 12.4. The van der Waals surface area contributed by atoms with Gasteiger partial charge in [0.1, 0.15) is 5.69 Å². The number of aromatic nitrogens is 6. The van der Waals surface area contributed by atoms with Crippen LogP contribution >= 0.6 is 34.8 Å². The Balaban J connectivity index is 2.03. The number of rotatable bonds is 2. The molecule has 0 unspecified atom stereocenters. The van der Waals surface area contributed by atoms with Gasteiger partial charge in [-0.25, -0.2) is 4.79 Å². The summed E-state index contributed by atoms with van der Waals surface area (Å²) in [6.45, 7) is 0. The van der Waals surface area contributed by atoms with Crippen LogP contribution in [0.3, 0.4) is 0 Å². The van der Waals surface area contributed by atoms with Gasteiger partial charge >= 0.3 is 6.03 Å². The summed E-state index contributed by atoms with van der Waals surface area (Å²) < 4.78 is 0.0185. The molecule has 0 saturated carbocycles. The van der Waals surface area contributed by atoms with Gasteiger partial charge in [-0.3, -0.25) is 0 Å². The minimum atomic E-state index is -1.87. The molecule has 3 aromatic rings. The molecule has 0 saturated heterocycles. The quantitative estimate of drug-likeness (QED) is 0.647. The molecule has 10 heteroatoms. The molecule has 0 spiro atoms. The number of benzene rings is 1. The van der Waals surface area contributed by atoms with Crippen LogP contribution in [0.4, 0.5) is 4.79 Å². The lowest BCUT2D eigenvalue weighted by Crippen LogP contribution is -2.26. The summed E-state index contributed by atoms with van der Waals surface area (Å²) in [5, 5.41) is 15.0. The third kappa shape index (κ3) is 3.36. The molecule has 0 aliphatic rings. The minimum Gasteiger partial charge on any atom is -0.243 e. The molecule has 0 amide bonds. The molecular weight excluding hydrogens is 363 g/mol. The van der Waals surface area contributed by atoms with Crippen LogP contribution < -0.4 is 0 Å². The van der Waals surface area contributed by atoms with Crippen molar-refractivity contribution in [2.24, 2.45) is 0 Å². The van der Waals surface area contributed by atoms with E-state index in [-0.39, 0.29) is 5.69 Å². The molecule has 0 fully saturated rings. The molecule has 0 bridgehead atoms. The van der Waals surface area contributed by atoms with Crippen LogP contribution in [0.25, 0.3) is 0 Å². The van der Waals surface area contributed by atoms with Crippen molar-refractivity contribution in [1.82, 2.24) is 30.0 Å².